The van der Waals surface area contributed by atoms with Crippen molar-refractivity contribution >= 4 is 5.69 Å². The van der Waals surface area contributed by atoms with Crippen LogP contribution in [0.25, 0.3) is 0 Å². The minimum absolute atomic E-state index is 0.352. The lowest BCUT2D eigenvalue weighted by Crippen LogP contribution is -1.93. The fraction of sp³-hybridized carbons (Fsp3) is 0.375. The second kappa shape index (κ2) is 4.66. The van der Waals surface area contributed by atoms with Gasteiger partial charge in [-0.15, -0.1) is 0 Å². The normalized spacial score (nSPS) is 8.36. The van der Waals surface area contributed by atoms with E-state index < -0.39 is 0 Å². The zero-order valence-electron chi connectivity index (χ0n) is 7.06. The van der Waals surface area contributed by atoms with Crippen molar-refractivity contribution in [2.24, 2.45) is 0 Å². The van der Waals surface area contributed by atoms with Gasteiger partial charge in [0.1, 0.15) is 5.82 Å². The highest BCUT2D eigenvalue weighted by Crippen LogP contribution is 2.10. The summed E-state index contributed by atoms with van der Waals surface area (Å²) in [7, 11) is 0. The van der Waals surface area contributed by atoms with Crippen LogP contribution in [0.2, 0.25) is 0 Å². The first kappa shape index (κ1) is 9.88. The van der Waals surface area contributed by atoms with Gasteiger partial charge in [-0.1, -0.05) is 13.8 Å². The van der Waals surface area contributed by atoms with Crippen LogP contribution in [0.5, 0.6) is 0 Å². The van der Waals surface area contributed by atoms with Gasteiger partial charge >= 0.3 is 0 Å². The number of rotatable bonds is 0. The molecule has 0 saturated heterocycles. The summed E-state index contributed by atoms with van der Waals surface area (Å²) in [4.78, 5) is 3.54. The Morgan fingerprint density at radius 2 is 1.91 bits per heavy atom. The molecule has 1 rings (SSSR count). The molecule has 0 spiro atoms. The third-order valence-corrected chi connectivity index (χ3v) is 1.19. The predicted molar refractivity (Wildman–Crippen MR) is 44.7 cm³/mol. The lowest BCUT2D eigenvalue weighted by Gasteiger charge is -1.96. The highest BCUT2D eigenvalue weighted by Gasteiger charge is 1.97. The van der Waals surface area contributed by atoms with E-state index in [9.17, 15) is 4.39 Å². The van der Waals surface area contributed by atoms with Crippen LogP contribution >= 0.6 is 0 Å². The minimum Gasteiger partial charge on any atom is -0.397 e. The second-order valence-corrected chi connectivity index (χ2v) is 1.84. The van der Waals surface area contributed by atoms with E-state index in [1.54, 1.807) is 6.92 Å². The molecule has 0 bridgehead atoms. The zero-order valence-corrected chi connectivity index (χ0v) is 7.06. The summed E-state index contributed by atoms with van der Waals surface area (Å²) in [6.45, 7) is 5.62. The summed E-state index contributed by atoms with van der Waals surface area (Å²) in [5.74, 6) is -0.352. The van der Waals surface area contributed by atoms with Gasteiger partial charge in [0.25, 0.3) is 0 Å². The largest absolute Gasteiger partial charge is 0.397 e. The van der Waals surface area contributed by atoms with Gasteiger partial charge in [0.2, 0.25) is 0 Å². The summed E-state index contributed by atoms with van der Waals surface area (Å²) in [5.41, 5.74) is 6.18. The van der Waals surface area contributed by atoms with E-state index >= 15 is 0 Å². The molecule has 0 aliphatic rings. The number of anilines is 1. The second-order valence-electron chi connectivity index (χ2n) is 1.84. The molecule has 0 radical (unpaired) electrons. The average Bonchev–Trinajstić information content (AvgIpc) is 2.04. The number of nitrogens with two attached hydrogens (primary N) is 1. The number of hydrogen-bond donors (Lipinski definition) is 1. The molecule has 0 aliphatic carbocycles. The van der Waals surface area contributed by atoms with Crippen LogP contribution < -0.4 is 5.73 Å². The first-order chi connectivity index (χ1) is 5.22. The van der Waals surface area contributed by atoms with Crippen molar-refractivity contribution in [1.82, 2.24) is 4.98 Å². The number of hydrogen-bond acceptors (Lipinski definition) is 2. The summed E-state index contributed by atoms with van der Waals surface area (Å²) in [6.07, 6.45) is 2.57. The third kappa shape index (κ3) is 2.53. The molecule has 0 aliphatic heterocycles. The molecule has 1 aromatic rings. The third-order valence-electron chi connectivity index (χ3n) is 1.19. The summed E-state index contributed by atoms with van der Waals surface area (Å²) in [5, 5.41) is 0. The molecular weight excluding hydrogens is 143 g/mol. The van der Waals surface area contributed by atoms with Crippen LogP contribution in [0, 0.1) is 12.7 Å². The van der Waals surface area contributed by atoms with Crippen molar-refractivity contribution in [3.63, 3.8) is 0 Å². The lowest BCUT2D eigenvalue weighted by molar-refractivity contribution is 0.613. The van der Waals surface area contributed by atoms with Crippen LogP contribution in [0.3, 0.4) is 0 Å². The van der Waals surface area contributed by atoms with Gasteiger partial charge in [-0.3, -0.25) is 4.98 Å². The maximum Gasteiger partial charge on any atom is 0.146 e. The standard InChI is InChI=1S/C6H7FN2.C2H6/c1-4-5(7)2-9-3-6(4)8;1-2/h2-3H,8H2,1H3;1-2H3. The Morgan fingerprint density at radius 1 is 1.36 bits per heavy atom. The Morgan fingerprint density at radius 3 is 2.27 bits per heavy atom. The van der Waals surface area contributed by atoms with E-state index in [1.165, 1.54) is 6.20 Å². The van der Waals surface area contributed by atoms with Gasteiger partial charge in [-0.25, -0.2) is 4.39 Å². The molecule has 1 heterocycles. The smallest absolute Gasteiger partial charge is 0.146 e. The van der Waals surface area contributed by atoms with Crippen molar-refractivity contribution in [2.45, 2.75) is 20.8 Å². The van der Waals surface area contributed by atoms with E-state index in [2.05, 4.69) is 4.98 Å². The molecule has 0 fully saturated rings. The fourth-order valence-corrected chi connectivity index (χ4v) is 0.515. The molecule has 62 valence electrons. The van der Waals surface area contributed by atoms with Crippen LogP contribution in [0.4, 0.5) is 10.1 Å². The Balaban J connectivity index is 0.000000461. The van der Waals surface area contributed by atoms with Gasteiger partial charge in [0.15, 0.2) is 0 Å². The van der Waals surface area contributed by atoms with Crippen LogP contribution in [-0.2, 0) is 0 Å². The Labute approximate surface area is 66.3 Å². The molecule has 0 saturated carbocycles. The summed E-state index contributed by atoms with van der Waals surface area (Å²) >= 11 is 0. The Bertz CT molecular complexity index is 203. The van der Waals surface area contributed by atoms with Gasteiger partial charge in [-0.2, -0.15) is 0 Å². The molecular formula is C8H13FN2. The first-order valence-electron chi connectivity index (χ1n) is 3.57. The molecule has 0 unspecified atom stereocenters. The molecule has 0 amide bonds. The van der Waals surface area contributed by atoms with Crippen LogP contribution in [0.1, 0.15) is 19.4 Å². The van der Waals surface area contributed by atoms with E-state index in [4.69, 9.17) is 5.73 Å². The number of nitrogen functional groups attached to an aromatic ring is 1. The molecule has 11 heavy (non-hydrogen) atoms. The van der Waals surface area contributed by atoms with Crippen molar-refractivity contribution in [3.8, 4) is 0 Å². The molecule has 0 atom stereocenters. The predicted octanol–water partition coefficient (Wildman–Crippen LogP) is 2.14. The van der Waals surface area contributed by atoms with Crippen LogP contribution in [-0.4, -0.2) is 4.98 Å². The lowest BCUT2D eigenvalue weighted by atomic mass is 10.2. The number of aromatic nitrogens is 1. The number of nitrogens with zero attached hydrogens (tertiary/aromatic N) is 1. The molecule has 2 N–H and O–H groups in total. The molecule has 2 nitrogen and oxygen atoms in total. The molecule has 1 aromatic heterocycles. The summed E-state index contributed by atoms with van der Waals surface area (Å²) < 4.78 is 12.4. The Hall–Kier alpha value is -1.12. The quantitative estimate of drug-likeness (QED) is 0.625. The molecule has 3 heteroatoms. The van der Waals surface area contributed by atoms with Crippen molar-refractivity contribution < 1.29 is 4.39 Å². The molecule has 0 aromatic carbocycles. The highest BCUT2D eigenvalue weighted by molar-refractivity contribution is 5.43. The first-order valence-corrected chi connectivity index (χ1v) is 3.57. The van der Waals surface area contributed by atoms with Crippen molar-refractivity contribution in [2.75, 3.05) is 5.73 Å². The maximum atomic E-state index is 12.4. The number of pyridine rings is 1. The minimum atomic E-state index is -0.352. The van der Waals surface area contributed by atoms with E-state index in [1.807, 2.05) is 13.8 Å². The topological polar surface area (TPSA) is 38.9 Å². The summed E-state index contributed by atoms with van der Waals surface area (Å²) in [6, 6.07) is 0. The van der Waals surface area contributed by atoms with Crippen LogP contribution in [0.15, 0.2) is 12.4 Å². The SMILES string of the molecule is CC.Cc1c(N)cncc1F. The average molecular weight is 156 g/mol. The Kier molecular flexibility index (Phi) is 4.18. The van der Waals surface area contributed by atoms with Gasteiger partial charge in [0, 0.05) is 5.56 Å². The zero-order chi connectivity index (χ0) is 8.85. The van der Waals surface area contributed by atoms with E-state index in [0.29, 0.717) is 11.3 Å². The van der Waals surface area contributed by atoms with Crippen molar-refractivity contribution in [3.05, 3.63) is 23.8 Å². The fourth-order valence-electron chi connectivity index (χ4n) is 0.515. The number of halogens is 1. The van der Waals surface area contributed by atoms with Gasteiger partial charge < -0.3 is 5.73 Å². The van der Waals surface area contributed by atoms with Gasteiger partial charge in [0.05, 0.1) is 18.1 Å². The van der Waals surface area contributed by atoms with E-state index in [-0.39, 0.29) is 5.82 Å². The maximum absolute atomic E-state index is 12.4. The highest BCUT2D eigenvalue weighted by atomic mass is 19.1. The van der Waals surface area contributed by atoms with E-state index in [0.717, 1.165) is 6.20 Å². The van der Waals surface area contributed by atoms with Gasteiger partial charge in [-0.05, 0) is 6.92 Å². The van der Waals surface area contributed by atoms with Crippen molar-refractivity contribution in [1.29, 1.82) is 0 Å². The monoisotopic (exact) mass is 156 g/mol.